The van der Waals surface area contributed by atoms with Gasteiger partial charge in [0.25, 0.3) is 5.91 Å². The summed E-state index contributed by atoms with van der Waals surface area (Å²) in [5.41, 5.74) is 8.07. The van der Waals surface area contributed by atoms with Gasteiger partial charge in [-0.25, -0.2) is 0 Å². The summed E-state index contributed by atoms with van der Waals surface area (Å²) in [6.45, 7) is 3.33. The number of hydrogen-bond acceptors (Lipinski definition) is 7. The molecule has 2 aromatic carbocycles. The Labute approximate surface area is 205 Å². The van der Waals surface area contributed by atoms with E-state index in [0.717, 1.165) is 37.4 Å². The summed E-state index contributed by atoms with van der Waals surface area (Å²) in [7, 11) is 2.08. The van der Waals surface area contributed by atoms with Crippen molar-refractivity contribution < 1.29 is 19.5 Å². The van der Waals surface area contributed by atoms with E-state index in [2.05, 4.69) is 39.3 Å². The quantitative estimate of drug-likeness (QED) is 0.391. The maximum absolute atomic E-state index is 12.3. The maximum atomic E-state index is 12.3. The first-order valence-electron chi connectivity index (χ1n) is 11.5. The van der Waals surface area contributed by atoms with E-state index in [1.54, 1.807) is 24.3 Å². The number of nitrogens with zero attached hydrogens (tertiary/aromatic N) is 2. The molecular weight excluding hydrogens is 446 g/mol. The van der Waals surface area contributed by atoms with E-state index in [4.69, 9.17) is 10.8 Å². The fourth-order valence-corrected chi connectivity index (χ4v) is 3.52. The number of anilines is 1. The third-order valence-corrected chi connectivity index (χ3v) is 5.72. The summed E-state index contributed by atoms with van der Waals surface area (Å²) in [5, 5.41) is 14.4. The zero-order valence-corrected chi connectivity index (χ0v) is 19.8. The fraction of sp³-hybridized carbons (Fsp3) is 0.346. The van der Waals surface area contributed by atoms with Crippen molar-refractivity contribution in [2.24, 2.45) is 5.73 Å². The number of piperazine rings is 1. The van der Waals surface area contributed by atoms with Crippen molar-refractivity contribution in [1.82, 2.24) is 15.1 Å². The first kappa shape index (κ1) is 26.1. The second kappa shape index (κ2) is 12.8. The predicted octanol–water partition coefficient (Wildman–Crippen LogP) is -0.109. The van der Waals surface area contributed by atoms with E-state index in [1.165, 1.54) is 0 Å². The Morgan fingerprint density at radius 1 is 0.971 bits per heavy atom. The molecule has 35 heavy (non-hydrogen) atoms. The molecule has 0 unspecified atom stereocenters. The van der Waals surface area contributed by atoms with E-state index in [1.807, 2.05) is 24.3 Å². The lowest BCUT2D eigenvalue weighted by Crippen LogP contribution is -2.47. The standard InChI is InChI=1S/C26H31N5O4/c1-30-12-14-31(15-13-30)17-25(34)28-22-10-6-20(7-11-22)3-2-19-4-8-21(9-5-19)26(35)29-23(16-27)24(33)18-32/h4-11,23,32H,12-18,27H2,1H3,(H,28,34)(H,29,35)/t23-/m0/s1. The zero-order chi connectivity index (χ0) is 25.2. The normalized spacial score (nSPS) is 14.9. The van der Waals surface area contributed by atoms with E-state index in [9.17, 15) is 14.4 Å². The highest BCUT2D eigenvalue weighted by Crippen LogP contribution is 2.10. The number of nitrogens with one attached hydrogen (secondary N) is 2. The number of nitrogens with two attached hydrogens (primary N) is 1. The molecular formula is C26H31N5O4. The molecule has 0 spiro atoms. The summed E-state index contributed by atoms with van der Waals surface area (Å²) in [4.78, 5) is 40.5. The molecule has 5 N–H and O–H groups in total. The van der Waals surface area contributed by atoms with Gasteiger partial charge < -0.3 is 26.4 Å². The van der Waals surface area contributed by atoms with Gasteiger partial charge in [0.05, 0.1) is 6.54 Å². The average molecular weight is 478 g/mol. The molecule has 1 atom stereocenters. The number of amides is 2. The van der Waals surface area contributed by atoms with Gasteiger partial charge >= 0.3 is 0 Å². The fourth-order valence-electron chi connectivity index (χ4n) is 3.52. The van der Waals surface area contributed by atoms with Crippen LogP contribution in [0.25, 0.3) is 0 Å². The van der Waals surface area contributed by atoms with Crippen LogP contribution >= 0.6 is 0 Å². The largest absolute Gasteiger partial charge is 0.388 e. The van der Waals surface area contributed by atoms with Crippen LogP contribution in [-0.4, -0.2) is 91.5 Å². The van der Waals surface area contributed by atoms with Crippen molar-refractivity contribution in [3.05, 3.63) is 65.2 Å². The molecule has 2 amide bonds. The Morgan fingerprint density at radius 3 is 2.09 bits per heavy atom. The van der Waals surface area contributed by atoms with Gasteiger partial charge in [0.1, 0.15) is 12.6 Å². The summed E-state index contributed by atoms with van der Waals surface area (Å²) < 4.78 is 0. The third-order valence-electron chi connectivity index (χ3n) is 5.72. The van der Waals surface area contributed by atoms with Crippen LogP contribution in [0.3, 0.4) is 0 Å². The Hall–Kier alpha value is -3.55. The predicted molar refractivity (Wildman–Crippen MR) is 134 cm³/mol. The van der Waals surface area contributed by atoms with Gasteiger partial charge in [-0.1, -0.05) is 11.8 Å². The van der Waals surface area contributed by atoms with Gasteiger partial charge in [-0.15, -0.1) is 0 Å². The molecule has 1 aliphatic heterocycles. The Morgan fingerprint density at radius 2 is 1.54 bits per heavy atom. The van der Waals surface area contributed by atoms with E-state index in [0.29, 0.717) is 17.7 Å². The highest BCUT2D eigenvalue weighted by atomic mass is 16.3. The number of hydrogen-bond donors (Lipinski definition) is 4. The molecule has 0 radical (unpaired) electrons. The molecule has 0 bridgehead atoms. The first-order chi connectivity index (χ1) is 16.9. The van der Waals surface area contributed by atoms with Crippen LogP contribution in [0.5, 0.6) is 0 Å². The number of aliphatic hydroxyl groups excluding tert-OH is 1. The number of carbonyl (C=O) groups is 3. The Balaban J connectivity index is 1.52. The topological polar surface area (TPSA) is 128 Å². The molecule has 1 heterocycles. The first-order valence-corrected chi connectivity index (χ1v) is 11.5. The number of carbonyl (C=O) groups excluding carboxylic acids is 3. The molecule has 0 aliphatic carbocycles. The lowest BCUT2D eigenvalue weighted by molar-refractivity contribution is -0.123. The Bertz CT molecular complexity index is 1080. The average Bonchev–Trinajstić information content (AvgIpc) is 2.88. The van der Waals surface area contributed by atoms with Crippen LogP contribution in [0, 0.1) is 11.8 Å². The van der Waals surface area contributed by atoms with Crippen molar-refractivity contribution in [2.45, 2.75) is 6.04 Å². The monoisotopic (exact) mass is 477 g/mol. The maximum Gasteiger partial charge on any atom is 0.251 e. The molecule has 2 aromatic rings. The van der Waals surface area contributed by atoms with Crippen LogP contribution in [-0.2, 0) is 9.59 Å². The van der Waals surface area contributed by atoms with E-state index in [-0.39, 0.29) is 12.5 Å². The second-order valence-corrected chi connectivity index (χ2v) is 8.42. The summed E-state index contributed by atoms with van der Waals surface area (Å²) >= 11 is 0. The SMILES string of the molecule is CN1CCN(CC(=O)Nc2ccc(C#Cc3ccc(C(=O)N[C@@H](CN)C(=O)CO)cc3)cc2)CC1. The number of rotatable bonds is 8. The summed E-state index contributed by atoms with van der Waals surface area (Å²) in [6.07, 6.45) is 0. The molecule has 9 nitrogen and oxygen atoms in total. The molecule has 0 saturated carbocycles. The highest BCUT2D eigenvalue weighted by Gasteiger charge is 2.19. The third kappa shape index (κ3) is 8.02. The lowest BCUT2D eigenvalue weighted by Gasteiger charge is -2.31. The van der Waals surface area contributed by atoms with Crippen LogP contribution in [0.2, 0.25) is 0 Å². The van der Waals surface area contributed by atoms with Crippen LogP contribution < -0.4 is 16.4 Å². The highest BCUT2D eigenvalue weighted by molar-refractivity contribution is 5.98. The molecule has 1 fully saturated rings. The van der Waals surface area contributed by atoms with Gasteiger partial charge in [0.2, 0.25) is 5.91 Å². The minimum atomic E-state index is -0.925. The number of Topliss-reactive ketones (excluding diaryl/α,β-unsaturated/α-hetero) is 1. The Kier molecular flexibility index (Phi) is 9.52. The van der Waals surface area contributed by atoms with Gasteiger partial charge in [0, 0.05) is 55.1 Å². The van der Waals surface area contributed by atoms with Gasteiger partial charge in [-0.05, 0) is 55.6 Å². The van der Waals surface area contributed by atoms with Crippen molar-refractivity contribution in [3.63, 3.8) is 0 Å². The zero-order valence-electron chi connectivity index (χ0n) is 19.8. The van der Waals surface area contributed by atoms with Crippen LogP contribution in [0.1, 0.15) is 21.5 Å². The van der Waals surface area contributed by atoms with Crippen molar-refractivity contribution in [2.75, 3.05) is 58.2 Å². The van der Waals surface area contributed by atoms with Gasteiger partial charge in [0.15, 0.2) is 5.78 Å². The molecule has 1 saturated heterocycles. The van der Waals surface area contributed by atoms with E-state index < -0.39 is 24.3 Å². The smallest absolute Gasteiger partial charge is 0.251 e. The molecule has 1 aliphatic rings. The van der Waals surface area contributed by atoms with Crippen LogP contribution in [0.4, 0.5) is 5.69 Å². The van der Waals surface area contributed by atoms with Gasteiger partial charge in [-0.3, -0.25) is 19.3 Å². The molecule has 184 valence electrons. The molecule has 9 heteroatoms. The summed E-state index contributed by atoms with van der Waals surface area (Å²) in [6, 6.07) is 13.0. The van der Waals surface area contributed by atoms with Gasteiger partial charge in [-0.2, -0.15) is 0 Å². The number of likely N-dealkylation sites (N-methyl/N-ethyl adjacent to an activating group) is 1. The minimum absolute atomic E-state index is 0.0315. The molecule has 0 aromatic heterocycles. The van der Waals surface area contributed by atoms with Crippen molar-refractivity contribution in [1.29, 1.82) is 0 Å². The second-order valence-electron chi connectivity index (χ2n) is 8.42. The van der Waals surface area contributed by atoms with Crippen molar-refractivity contribution in [3.8, 4) is 11.8 Å². The van der Waals surface area contributed by atoms with Crippen LogP contribution in [0.15, 0.2) is 48.5 Å². The number of ketones is 1. The van der Waals surface area contributed by atoms with Crippen molar-refractivity contribution >= 4 is 23.3 Å². The minimum Gasteiger partial charge on any atom is -0.388 e. The lowest BCUT2D eigenvalue weighted by atomic mass is 10.1. The molecule has 3 rings (SSSR count). The number of benzene rings is 2. The number of aliphatic hydroxyl groups is 1. The summed E-state index contributed by atoms with van der Waals surface area (Å²) in [5.74, 6) is 5.07. The van der Waals surface area contributed by atoms with E-state index >= 15 is 0 Å².